The van der Waals surface area contributed by atoms with Crippen LogP contribution in [0.5, 0.6) is 0 Å². The minimum Gasteiger partial charge on any atom is -0.386 e. The zero-order chi connectivity index (χ0) is 13.1. The molecule has 94 valence electrons. The number of benzene rings is 1. The van der Waals surface area contributed by atoms with Crippen LogP contribution in [-0.2, 0) is 6.42 Å². The van der Waals surface area contributed by atoms with Crippen molar-refractivity contribution in [1.82, 2.24) is 4.98 Å². The zero-order valence-corrected chi connectivity index (χ0v) is 11.6. The Hall–Kier alpha value is -0.970. The fourth-order valence-electron chi connectivity index (χ4n) is 1.64. The molecule has 18 heavy (non-hydrogen) atoms. The van der Waals surface area contributed by atoms with Gasteiger partial charge in [-0.3, -0.25) is 4.98 Å². The van der Waals surface area contributed by atoms with E-state index >= 15 is 0 Å². The summed E-state index contributed by atoms with van der Waals surface area (Å²) in [5.41, 5.74) is 0.786. The molecule has 1 atom stereocenters. The molecule has 0 aliphatic rings. The molecule has 2 rings (SSSR count). The monoisotopic (exact) mass is 329 g/mol. The molecule has 1 aromatic carbocycles. The van der Waals surface area contributed by atoms with Gasteiger partial charge in [0.25, 0.3) is 0 Å². The number of nitrogens with zero attached hydrogens (tertiary/aromatic N) is 1. The first-order valence-electron chi connectivity index (χ1n) is 5.30. The van der Waals surface area contributed by atoms with Crippen LogP contribution >= 0.6 is 27.5 Å². The molecule has 0 aliphatic heterocycles. The van der Waals surface area contributed by atoms with E-state index in [4.69, 9.17) is 11.6 Å². The van der Waals surface area contributed by atoms with Gasteiger partial charge >= 0.3 is 0 Å². The summed E-state index contributed by atoms with van der Waals surface area (Å²) in [7, 11) is 0. The Bertz CT molecular complexity index is 564. The summed E-state index contributed by atoms with van der Waals surface area (Å²) in [6, 6.07) is 8.10. The molecule has 1 heterocycles. The van der Waals surface area contributed by atoms with Crippen molar-refractivity contribution in [1.29, 1.82) is 0 Å². The number of aromatic nitrogens is 1. The fourth-order valence-corrected chi connectivity index (χ4v) is 2.39. The summed E-state index contributed by atoms with van der Waals surface area (Å²) >= 11 is 9.35. The molecule has 0 fully saturated rings. The van der Waals surface area contributed by atoms with Gasteiger partial charge in [-0.2, -0.15) is 0 Å². The number of aliphatic hydroxyl groups excluding tert-OH is 1. The second kappa shape index (κ2) is 5.78. The number of hydrogen-bond acceptors (Lipinski definition) is 2. The molecular weight excluding hydrogens is 321 g/mol. The molecule has 0 amide bonds. The molecule has 2 aromatic rings. The van der Waals surface area contributed by atoms with Gasteiger partial charge < -0.3 is 5.11 Å². The van der Waals surface area contributed by atoms with E-state index in [2.05, 4.69) is 20.9 Å². The highest BCUT2D eigenvalue weighted by atomic mass is 79.9. The zero-order valence-electron chi connectivity index (χ0n) is 9.28. The van der Waals surface area contributed by atoms with Crippen LogP contribution in [0.25, 0.3) is 0 Å². The van der Waals surface area contributed by atoms with Crippen LogP contribution in [0.4, 0.5) is 4.39 Å². The number of rotatable bonds is 3. The van der Waals surface area contributed by atoms with Crippen molar-refractivity contribution in [2.45, 2.75) is 12.5 Å². The standard InChI is InChI=1S/C13H10BrClFNO/c14-9-4-3-8(10(15)7-9)6-12(18)13-11(16)2-1-5-17-13/h1-5,7,12,18H,6H2. The second-order valence-electron chi connectivity index (χ2n) is 3.83. The molecule has 5 heteroatoms. The molecule has 1 unspecified atom stereocenters. The van der Waals surface area contributed by atoms with Crippen LogP contribution in [0.15, 0.2) is 41.0 Å². The summed E-state index contributed by atoms with van der Waals surface area (Å²) in [6.07, 6.45) is 0.662. The Morgan fingerprint density at radius 3 is 2.83 bits per heavy atom. The number of halogens is 3. The van der Waals surface area contributed by atoms with Crippen LogP contribution in [0.2, 0.25) is 5.02 Å². The van der Waals surface area contributed by atoms with Crippen molar-refractivity contribution in [2.75, 3.05) is 0 Å². The van der Waals surface area contributed by atoms with E-state index in [1.165, 1.54) is 18.3 Å². The molecule has 0 saturated carbocycles. The van der Waals surface area contributed by atoms with Crippen molar-refractivity contribution >= 4 is 27.5 Å². The van der Waals surface area contributed by atoms with Crippen LogP contribution in [0, 0.1) is 5.82 Å². The lowest BCUT2D eigenvalue weighted by atomic mass is 10.0. The summed E-state index contributed by atoms with van der Waals surface area (Å²) in [5.74, 6) is -0.516. The second-order valence-corrected chi connectivity index (χ2v) is 5.15. The van der Waals surface area contributed by atoms with E-state index in [9.17, 15) is 9.50 Å². The maximum absolute atomic E-state index is 13.4. The third kappa shape index (κ3) is 3.07. The minimum atomic E-state index is -1.01. The number of hydrogen-bond donors (Lipinski definition) is 1. The van der Waals surface area contributed by atoms with Gasteiger partial charge in [0.05, 0.1) is 0 Å². The highest BCUT2D eigenvalue weighted by Crippen LogP contribution is 2.26. The molecule has 0 spiro atoms. The predicted octanol–water partition coefficient (Wildman–Crippen LogP) is 3.91. The van der Waals surface area contributed by atoms with Crippen molar-refractivity contribution in [3.8, 4) is 0 Å². The number of aliphatic hydroxyl groups is 1. The first-order chi connectivity index (χ1) is 8.58. The lowest BCUT2D eigenvalue weighted by molar-refractivity contribution is 0.168. The Balaban J connectivity index is 2.21. The molecule has 0 radical (unpaired) electrons. The smallest absolute Gasteiger partial charge is 0.147 e. The number of pyridine rings is 1. The van der Waals surface area contributed by atoms with Crippen LogP contribution in [0.3, 0.4) is 0 Å². The SMILES string of the molecule is OC(Cc1ccc(Br)cc1Cl)c1ncccc1F. The van der Waals surface area contributed by atoms with E-state index < -0.39 is 11.9 Å². The Labute approximate surface area is 118 Å². The van der Waals surface area contributed by atoms with Gasteiger partial charge in [0.2, 0.25) is 0 Å². The van der Waals surface area contributed by atoms with Gasteiger partial charge in [-0.1, -0.05) is 33.6 Å². The van der Waals surface area contributed by atoms with Crippen molar-refractivity contribution in [2.24, 2.45) is 0 Å². The first kappa shape index (κ1) is 13.5. The Kier molecular flexibility index (Phi) is 4.32. The molecule has 0 saturated heterocycles. The van der Waals surface area contributed by atoms with Gasteiger partial charge in [-0.15, -0.1) is 0 Å². The molecule has 1 N–H and O–H groups in total. The van der Waals surface area contributed by atoms with E-state index in [-0.39, 0.29) is 12.1 Å². The summed E-state index contributed by atoms with van der Waals surface area (Å²) in [5, 5.41) is 10.5. The lowest BCUT2D eigenvalue weighted by Gasteiger charge is -2.12. The topological polar surface area (TPSA) is 33.1 Å². The van der Waals surface area contributed by atoms with Gasteiger partial charge in [-0.05, 0) is 29.8 Å². The normalized spacial score (nSPS) is 12.4. The van der Waals surface area contributed by atoms with Gasteiger partial charge in [-0.25, -0.2) is 4.39 Å². The molecule has 2 nitrogen and oxygen atoms in total. The van der Waals surface area contributed by atoms with Gasteiger partial charge in [0, 0.05) is 22.1 Å². The van der Waals surface area contributed by atoms with E-state index in [1.807, 2.05) is 6.07 Å². The van der Waals surface area contributed by atoms with E-state index in [1.54, 1.807) is 12.1 Å². The quantitative estimate of drug-likeness (QED) is 0.925. The van der Waals surface area contributed by atoms with E-state index in [0.717, 1.165) is 10.0 Å². The van der Waals surface area contributed by atoms with Crippen LogP contribution in [-0.4, -0.2) is 10.1 Å². The third-order valence-electron chi connectivity index (χ3n) is 2.53. The Morgan fingerprint density at radius 2 is 2.17 bits per heavy atom. The fraction of sp³-hybridized carbons (Fsp3) is 0.154. The van der Waals surface area contributed by atoms with Gasteiger partial charge in [0.1, 0.15) is 17.6 Å². The van der Waals surface area contributed by atoms with Crippen molar-refractivity contribution in [3.63, 3.8) is 0 Å². The maximum Gasteiger partial charge on any atom is 0.147 e. The maximum atomic E-state index is 13.4. The highest BCUT2D eigenvalue weighted by molar-refractivity contribution is 9.10. The van der Waals surface area contributed by atoms with E-state index in [0.29, 0.717) is 5.02 Å². The highest BCUT2D eigenvalue weighted by Gasteiger charge is 2.16. The average Bonchev–Trinajstić information content (AvgIpc) is 2.33. The largest absolute Gasteiger partial charge is 0.386 e. The van der Waals surface area contributed by atoms with Crippen molar-refractivity contribution in [3.05, 3.63) is 63.1 Å². The average molecular weight is 331 g/mol. The minimum absolute atomic E-state index is 0.0384. The molecule has 1 aromatic heterocycles. The summed E-state index contributed by atoms with van der Waals surface area (Å²) in [4.78, 5) is 3.84. The first-order valence-corrected chi connectivity index (χ1v) is 6.47. The summed E-state index contributed by atoms with van der Waals surface area (Å²) < 4.78 is 14.3. The molecule has 0 bridgehead atoms. The molecule has 0 aliphatic carbocycles. The molecular formula is C13H10BrClFNO. The lowest BCUT2D eigenvalue weighted by Crippen LogP contribution is -2.07. The third-order valence-corrected chi connectivity index (χ3v) is 3.38. The Morgan fingerprint density at radius 1 is 1.39 bits per heavy atom. The van der Waals surface area contributed by atoms with Gasteiger partial charge in [0.15, 0.2) is 0 Å². The predicted molar refractivity (Wildman–Crippen MR) is 72.0 cm³/mol. The van der Waals surface area contributed by atoms with Crippen LogP contribution in [0.1, 0.15) is 17.4 Å². The van der Waals surface area contributed by atoms with Crippen molar-refractivity contribution < 1.29 is 9.50 Å². The van der Waals surface area contributed by atoms with Crippen LogP contribution < -0.4 is 0 Å². The summed E-state index contributed by atoms with van der Waals surface area (Å²) in [6.45, 7) is 0.